The van der Waals surface area contributed by atoms with Crippen molar-refractivity contribution in [2.45, 2.75) is 20.8 Å². The molecule has 0 atom stereocenters. The van der Waals surface area contributed by atoms with Crippen LogP contribution in [0, 0.1) is 17.8 Å². The molecule has 0 spiro atoms. The lowest BCUT2D eigenvalue weighted by Gasteiger charge is -2.16. The van der Waals surface area contributed by atoms with E-state index in [0.717, 1.165) is 5.92 Å². The Morgan fingerprint density at radius 2 is 1.50 bits per heavy atom. The van der Waals surface area contributed by atoms with Crippen LogP contribution in [0.4, 0.5) is 0 Å². The van der Waals surface area contributed by atoms with Crippen LogP contribution in [-0.2, 0) is 0 Å². The van der Waals surface area contributed by atoms with Crippen LogP contribution in [0.3, 0.4) is 0 Å². The second kappa shape index (κ2) is 3.05. The topological polar surface area (TPSA) is 0 Å². The molecular formula is C10H16. The first kappa shape index (κ1) is 7.59. The minimum absolute atomic E-state index is 0.648. The Morgan fingerprint density at radius 1 is 1.00 bits per heavy atom. The summed E-state index contributed by atoms with van der Waals surface area (Å²) in [5.74, 6) is 2.08. The van der Waals surface area contributed by atoms with Crippen molar-refractivity contribution in [3.63, 3.8) is 0 Å². The van der Waals surface area contributed by atoms with Crippen molar-refractivity contribution in [3.8, 4) is 0 Å². The molecule has 0 fully saturated rings. The molecule has 0 aliphatic heterocycles. The summed E-state index contributed by atoms with van der Waals surface area (Å²) in [6.07, 6.45) is 9.19. The molecule has 0 radical (unpaired) electrons. The zero-order valence-electron chi connectivity index (χ0n) is 7.04. The molecule has 0 heteroatoms. The molecule has 1 rings (SSSR count). The molecule has 1 aliphatic rings. The summed E-state index contributed by atoms with van der Waals surface area (Å²) in [5, 5.41) is 0. The molecule has 0 unspecified atom stereocenters. The summed E-state index contributed by atoms with van der Waals surface area (Å²) in [4.78, 5) is 0. The van der Waals surface area contributed by atoms with E-state index in [4.69, 9.17) is 0 Å². The van der Waals surface area contributed by atoms with Crippen LogP contribution in [-0.4, -0.2) is 0 Å². The lowest BCUT2D eigenvalue weighted by atomic mass is 9.89. The van der Waals surface area contributed by atoms with Gasteiger partial charge in [-0.2, -0.15) is 0 Å². The van der Waals surface area contributed by atoms with Gasteiger partial charge in [-0.05, 0) is 17.8 Å². The van der Waals surface area contributed by atoms with Crippen molar-refractivity contribution in [1.82, 2.24) is 0 Å². The maximum absolute atomic E-state index is 2.31. The highest BCUT2D eigenvalue weighted by Crippen LogP contribution is 2.20. The number of hydrogen-bond donors (Lipinski definition) is 0. The van der Waals surface area contributed by atoms with E-state index in [1.165, 1.54) is 0 Å². The van der Waals surface area contributed by atoms with Gasteiger partial charge in [0.05, 0.1) is 0 Å². The van der Waals surface area contributed by atoms with Crippen LogP contribution in [0.1, 0.15) is 20.8 Å². The second-order valence-corrected chi connectivity index (χ2v) is 3.45. The molecule has 0 amide bonds. The molecule has 10 heavy (non-hydrogen) atoms. The minimum Gasteiger partial charge on any atom is -0.0813 e. The zero-order chi connectivity index (χ0) is 7.56. The standard InChI is InChI=1S/C10H16/c1-8(2)10-6-4-9(3)5-7-10/h4-10H,1-3H3. The summed E-state index contributed by atoms with van der Waals surface area (Å²) in [5.41, 5.74) is 0. The average molecular weight is 136 g/mol. The van der Waals surface area contributed by atoms with E-state index in [1.54, 1.807) is 0 Å². The quantitative estimate of drug-likeness (QED) is 0.486. The Kier molecular flexibility index (Phi) is 2.31. The van der Waals surface area contributed by atoms with Gasteiger partial charge in [-0.1, -0.05) is 45.1 Å². The Bertz CT molecular complexity index is 137. The maximum Gasteiger partial charge on any atom is -0.00300 e. The smallest absolute Gasteiger partial charge is 0.00300 e. The van der Waals surface area contributed by atoms with Gasteiger partial charge in [-0.25, -0.2) is 0 Å². The van der Waals surface area contributed by atoms with Crippen LogP contribution in [0.2, 0.25) is 0 Å². The van der Waals surface area contributed by atoms with Crippen LogP contribution in [0.15, 0.2) is 24.3 Å². The van der Waals surface area contributed by atoms with E-state index in [9.17, 15) is 0 Å². The van der Waals surface area contributed by atoms with E-state index in [-0.39, 0.29) is 0 Å². The Hall–Kier alpha value is -0.520. The first-order chi connectivity index (χ1) is 4.70. The first-order valence-electron chi connectivity index (χ1n) is 4.07. The monoisotopic (exact) mass is 136 g/mol. The molecule has 56 valence electrons. The van der Waals surface area contributed by atoms with Crippen LogP contribution >= 0.6 is 0 Å². The first-order valence-corrected chi connectivity index (χ1v) is 4.07. The third-order valence-corrected chi connectivity index (χ3v) is 2.04. The van der Waals surface area contributed by atoms with Gasteiger partial charge < -0.3 is 0 Å². The lowest BCUT2D eigenvalue weighted by Crippen LogP contribution is -2.05. The van der Waals surface area contributed by atoms with Crippen molar-refractivity contribution in [2.75, 3.05) is 0 Å². The molecule has 0 saturated heterocycles. The largest absolute Gasteiger partial charge is 0.0813 e. The van der Waals surface area contributed by atoms with Gasteiger partial charge >= 0.3 is 0 Å². The molecule has 0 nitrogen and oxygen atoms in total. The van der Waals surface area contributed by atoms with E-state index in [0.29, 0.717) is 11.8 Å². The van der Waals surface area contributed by atoms with Crippen molar-refractivity contribution >= 4 is 0 Å². The summed E-state index contributed by atoms with van der Waals surface area (Å²) in [6.45, 7) is 6.73. The normalized spacial score (nSPS) is 31.6. The second-order valence-electron chi connectivity index (χ2n) is 3.45. The van der Waals surface area contributed by atoms with Crippen molar-refractivity contribution < 1.29 is 0 Å². The molecule has 0 heterocycles. The van der Waals surface area contributed by atoms with Crippen molar-refractivity contribution in [3.05, 3.63) is 24.3 Å². The van der Waals surface area contributed by atoms with Gasteiger partial charge in [0, 0.05) is 0 Å². The maximum atomic E-state index is 2.31. The van der Waals surface area contributed by atoms with Gasteiger partial charge in [0.2, 0.25) is 0 Å². The van der Waals surface area contributed by atoms with Crippen molar-refractivity contribution in [1.29, 1.82) is 0 Å². The molecule has 0 saturated carbocycles. The number of hydrogen-bond acceptors (Lipinski definition) is 0. The molecule has 1 aliphatic carbocycles. The molecular weight excluding hydrogens is 120 g/mol. The Balaban J connectivity index is 2.54. The summed E-state index contributed by atoms with van der Waals surface area (Å²) >= 11 is 0. The Morgan fingerprint density at radius 3 is 1.90 bits per heavy atom. The van der Waals surface area contributed by atoms with Crippen LogP contribution < -0.4 is 0 Å². The van der Waals surface area contributed by atoms with E-state index in [1.807, 2.05) is 0 Å². The summed E-state index contributed by atoms with van der Waals surface area (Å²) < 4.78 is 0. The predicted octanol–water partition coefficient (Wildman–Crippen LogP) is 3.02. The molecule has 0 N–H and O–H groups in total. The highest BCUT2D eigenvalue weighted by Gasteiger charge is 2.08. The van der Waals surface area contributed by atoms with Gasteiger partial charge in [0.1, 0.15) is 0 Å². The number of allylic oxidation sites excluding steroid dienone is 4. The lowest BCUT2D eigenvalue weighted by molar-refractivity contribution is 0.539. The molecule has 0 aromatic heterocycles. The highest BCUT2D eigenvalue weighted by atomic mass is 14.1. The third kappa shape index (κ3) is 1.73. The fraction of sp³-hybridized carbons (Fsp3) is 0.600. The van der Waals surface area contributed by atoms with Gasteiger partial charge in [0.25, 0.3) is 0 Å². The van der Waals surface area contributed by atoms with Crippen LogP contribution in [0.5, 0.6) is 0 Å². The molecule has 0 bridgehead atoms. The fourth-order valence-electron chi connectivity index (χ4n) is 1.18. The number of rotatable bonds is 1. The van der Waals surface area contributed by atoms with Gasteiger partial charge in [0.15, 0.2) is 0 Å². The zero-order valence-corrected chi connectivity index (χ0v) is 7.04. The van der Waals surface area contributed by atoms with Crippen LogP contribution in [0.25, 0.3) is 0 Å². The van der Waals surface area contributed by atoms with E-state index in [2.05, 4.69) is 45.1 Å². The van der Waals surface area contributed by atoms with Gasteiger partial charge in [-0.15, -0.1) is 0 Å². The van der Waals surface area contributed by atoms with Crippen molar-refractivity contribution in [2.24, 2.45) is 17.8 Å². The predicted molar refractivity (Wildman–Crippen MR) is 45.8 cm³/mol. The Labute approximate surface area is 63.6 Å². The summed E-state index contributed by atoms with van der Waals surface area (Å²) in [6, 6.07) is 0. The van der Waals surface area contributed by atoms with E-state index < -0.39 is 0 Å². The van der Waals surface area contributed by atoms with E-state index >= 15 is 0 Å². The average Bonchev–Trinajstić information content (AvgIpc) is 1.88. The molecule has 0 aromatic carbocycles. The SMILES string of the molecule is CC1C=CC(C(C)C)C=C1. The molecule has 0 aromatic rings. The minimum atomic E-state index is 0.648. The summed E-state index contributed by atoms with van der Waals surface area (Å²) in [7, 11) is 0. The van der Waals surface area contributed by atoms with Gasteiger partial charge in [-0.3, -0.25) is 0 Å². The highest BCUT2D eigenvalue weighted by molar-refractivity contribution is 5.12. The third-order valence-electron chi connectivity index (χ3n) is 2.04. The fourth-order valence-corrected chi connectivity index (χ4v) is 1.18.